The highest BCUT2D eigenvalue weighted by molar-refractivity contribution is 7.89. The largest absolute Gasteiger partial charge is 0.379 e. The van der Waals surface area contributed by atoms with E-state index in [9.17, 15) is 8.42 Å². The zero-order valence-electron chi connectivity index (χ0n) is 10.8. The SMILES string of the molecule is C[C@]1(c2ccccc2)O[C@@H]1S(=O)(=O)N1CCOCC1. The van der Waals surface area contributed by atoms with Crippen molar-refractivity contribution in [2.75, 3.05) is 26.3 Å². The van der Waals surface area contributed by atoms with Gasteiger partial charge in [-0.15, -0.1) is 0 Å². The van der Waals surface area contributed by atoms with Gasteiger partial charge in [-0.3, -0.25) is 0 Å². The van der Waals surface area contributed by atoms with Crippen molar-refractivity contribution in [3.63, 3.8) is 0 Å². The smallest absolute Gasteiger partial charge is 0.244 e. The van der Waals surface area contributed by atoms with Gasteiger partial charge in [0, 0.05) is 13.1 Å². The fourth-order valence-electron chi connectivity index (χ4n) is 2.44. The number of hydrogen-bond acceptors (Lipinski definition) is 4. The Labute approximate surface area is 113 Å². The van der Waals surface area contributed by atoms with E-state index in [1.54, 1.807) is 0 Å². The molecule has 6 heteroatoms. The van der Waals surface area contributed by atoms with Crippen LogP contribution in [0.2, 0.25) is 0 Å². The number of epoxide rings is 1. The summed E-state index contributed by atoms with van der Waals surface area (Å²) in [4.78, 5) is 0. The predicted octanol–water partition coefficient (Wildman–Crippen LogP) is 0.920. The summed E-state index contributed by atoms with van der Waals surface area (Å²) in [6.07, 6.45) is 0. The van der Waals surface area contributed by atoms with Gasteiger partial charge >= 0.3 is 0 Å². The Kier molecular flexibility index (Phi) is 3.13. The molecule has 3 rings (SSSR count). The summed E-state index contributed by atoms with van der Waals surface area (Å²) in [6, 6.07) is 9.48. The summed E-state index contributed by atoms with van der Waals surface area (Å²) < 4.78 is 37.2. The van der Waals surface area contributed by atoms with Crippen molar-refractivity contribution >= 4 is 10.0 Å². The van der Waals surface area contributed by atoms with Gasteiger partial charge in [0.05, 0.1) is 13.2 Å². The molecule has 104 valence electrons. The van der Waals surface area contributed by atoms with E-state index < -0.39 is 21.1 Å². The zero-order chi connectivity index (χ0) is 13.5. The second kappa shape index (κ2) is 4.56. The van der Waals surface area contributed by atoms with Crippen LogP contribution in [0.15, 0.2) is 30.3 Å². The average Bonchev–Trinajstić information content (AvgIpc) is 3.16. The van der Waals surface area contributed by atoms with Crippen molar-refractivity contribution < 1.29 is 17.9 Å². The maximum atomic E-state index is 12.5. The lowest BCUT2D eigenvalue weighted by Gasteiger charge is -2.25. The predicted molar refractivity (Wildman–Crippen MR) is 70.0 cm³/mol. The van der Waals surface area contributed by atoms with Gasteiger partial charge in [0.1, 0.15) is 5.60 Å². The quantitative estimate of drug-likeness (QED) is 0.774. The molecular formula is C13H17NO4S. The van der Waals surface area contributed by atoms with Crippen LogP contribution in [0.1, 0.15) is 12.5 Å². The molecule has 2 saturated heterocycles. The molecule has 0 aliphatic carbocycles. The highest BCUT2D eigenvalue weighted by Crippen LogP contribution is 2.49. The maximum Gasteiger partial charge on any atom is 0.244 e. The van der Waals surface area contributed by atoms with Gasteiger partial charge in [0.15, 0.2) is 0 Å². The topological polar surface area (TPSA) is 59.1 Å². The molecule has 2 fully saturated rings. The van der Waals surface area contributed by atoms with E-state index in [0.29, 0.717) is 26.3 Å². The summed E-state index contributed by atoms with van der Waals surface area (Å²) in [5, 5.41) is 0. The first kappa shape index (κ1) is 13.1. The third-order valence-electron chi connectivity index (χ3n) is 3.69. The number of benzene rings is 1. The highest BCUT2D eigenvalue weighted by atomic mass is 32.2. The first-order valence-corrected chi connectivity index (χ1v) is 7.85. The lowest BCUT2D eigenvalue weighted by molar-refractivity contribution is 0.0725. The zero-order valence-corrected chi connectivity index (χ0v) is 11.6. The fraction of sp³-hybridized carbons (Fsp3) is 0.538. The minimum absolute atomic E-state index is 0.410. The van der Waals surface area contributed by atoms with E-state index in [0.717, 1.165) is 5.56 Å². The molecule has 0 unspecified atom stereocenters. The molecule has 0 N–H and O–H groups in total. The molecule has 2 aliphatic heterocycles. The molecule has 19 heavy (non-hydrogen) atoms. The standard InChI is InChI=1S/C13H17NO4S/c1-13(11-5-3-2-4-6-11)12(18-13)19(15,16)14-7-9-17-10-8-14/h2-6,12H,7-10H2,1H3/t12-,13-/m1/s1. The van der Waals surface area contributed by atoms with E-state index in [-0.39, 0.29) is 0 Å². The fourth-order valence-corrected chi connectivity index (χ4v) is 4.40. The van der Waals surface area contributed by atoms with Crippen molar-refractivity contribution in [2.24, 2.45) is 0 Å². The van der Waals surface area contributed by atoms with Gasteiger partial charge in [0.25, 0.3) is 0 Å². The number of rotatable bonds is 3. The first-order valence-electron chi connectivity index (χ1n) is 6.35. The van der Waals surface area contributed by atoms with Crippen LogP contribution < -0.4 is 0 Å². The normalized spacial score (nSPS) is 32.2. The van der Waals surface area contributed by atoms with Gasteiger partial charge in [-0.25, -0.2) is 8.42 Å². The lowest BCUT2D eigenvalue weighted by atomic mass is 10.0. The molecule has 2 atom stereocenters. The van der Waals surface area contributed by atoms with Crippen molar-refractivity contribution in [2.45, 2.75) is 18.0 Å². The van der Waals surface area contributed by atoms with Crippen molar-refractivity contribution in [3.05, 3.63) is 35.9 Å². The van der Waals surface area contributed by atoms with E-state index >= 15 is 0 Å². The van der Waals surface area contributed by atoms with E-state index in [2.05, 4.69) is 0 Å². The van der Waals surface area contributed by atoms with Crippen molar-refractivity contribution in [1.82, 2.24) is 4.31 Å². The summed E-state index contributed by atoms with van der Waals surface area (Å²) in [5.41, 5.74) is -0.601. The number of morpholine rings is 1. The van der Waals surface area contributed by atoms with Crippen molar-refractivity contribution in [3.8, 4) is 0 Å². The van der Waals surface area contributed by atoms with Gasteiger partial charge < -0.3 is 9.47 Å². The lowest BCUT2D eigenvalue weighted by Crippen LogP contribution is -2.43. The number of ether oxygens (including phenoxy) is 2. The Morgan fingerprint density at radius 1 is 1.21 bits per heavy atom. The second-order valence-electron chi connectivity index (χ2n) is 4.98. The molecule has 1 aromatic rings. The van der Waals surface area contributed by atoms with Crippen LogP contribution in [0, 0.1) is 0 Å². The van der Waals surface area contributed by atoms with Crippen molar-refractivity contribution in [1.29, 1.82) is 0 Å². The summed E-state index contributed by atoms with van der Waals surface area (Å²) >= 11 is 0. The molecule has 0 amide bonds. The summed E-state index contributed by atoms with van der Waals surface area (Å²) in [7, 11) is -3.41. The third kappa shape index (κ3) is 2.18. The second-order valence-corrected chi connectivity index (χ2v) is 6.95. The Hall–Kier alpha value is -0.950. The Morgan fingerprint density at radius 2 is 1.84 bits per heavy atom. The third-order valence-corrected chi connectivity index (χ3v) is 5.86. The van der Waals surface area contributed by atoms with Crippen LogP contribution in [-0.2, 0) is 25.1 Å². The van der Waals surface area contributed by atoms with Gasteiger partial charge in [-0.2, -0.15) is 4.31 Å². The Morgan fingerprint density at radius 3 is 2.47 bits per heavy atom. The number of sulfonamides is 1. The van der Waals surface area contributed by atoms with Gasteiger partial charge in [-0.1, -0.05) is 30.3 Å². The molecule has 5 nitrogen and oxygen atoms in total. The van der Waals surface area contributed by atoms with Gasteiger partial charge in [0.2, 0.25) is 15.5 Å². The molecule has 2 heterocycles. The Balaban J connectivity index is 1.81. The molecule has 0 bridgehead atoms. The molecule has 2 aliphatic rings. The minimum Gasteiger partial charge on any atom is -0.379 e. The maximum absolute atomic E-state index is 12.5. The van der Waals surface area contributed by atoms with Gasteiger partial charge in [-0.05, 0) is 12.5 Å². The van der Waals surface area contributed by atoms with E-state index in [1.807, 2.05) is 37.3 Å². The molecular weight excluding hydrogens is 266 g/mol. The van der Waals surface area contributed by atoms with Crippen LogP contribution in [-0.4, -0.2) is 44.5 Å². The average molecular weight is 283 g/mol. The molecule has 0 saturated carbocycles. The summed E-state index contributed by atoms with van der Waals surface area (Å²) in [5.74, 6) is 0. The van der Waals surface area contributed by atoms with Crippen LogP contribution >= 0.6 is 0 Å². The van der Waals surface area contributed by atoms with Crippen LogP contribution in [0.4, 0.5) is 0 Å². The van der Waals surface area contributed by atoms with Crippen LogP contribution in [0.5, 0.6) is 0 Å². The first-order chi connectivity index (χ1) is 9.05. The molecule has 0 spiro atoms. The number of nitrogens with zero attached hydrogens (tertiary/aromatic N) is 1. The highest BCUT2D eigenvalue weighted by Gasteiger charge is 2.62. The van der Waals surface area contributed by atoms with E-state index in [1.165, 1.54) is 4.31 Å². The number of hydrogen-bond donors (Lipinski definition) is 0. The van der Waals surface area contributed by atoms with E-state index in [4.69, 9.17) is 9.47 Å². The molecule has 0 aromatic heterocycles. The van der Waals surface area contributed by atoms with Crippen LogP contribution in [0.25, 0.3) is 0 Å². The Bertz CT molecular complexity index is 553. The summed E-state index contributed by atoms with van der Waals surface area (Å²) in [6.45, 7) is 3.55. The van der Waals surface area contributed by atoms with Crippen LogP contribution in [0.3, 0.4) is 0 Å². The molecule has 0 radical (unpaired) electrons. The monoisotopic (exact) mass is 283 g/mol. The minimum atomic E-state index is -3.41. The molecule has 1 aromatic carbocycles.